The third-order valence-corrected chi connectivity index (χ3v) is 5.73. The maximum atomic E-state index is 12.2. The van der Waals surface area contributed by atoms with E-state index < -0.39 is 0 Å². The second kappa shape index (κ2) is 8.28. The summed E-state index contributed by atoms with van der Waals surface area (Å²) in [5.41, 5.74) is 0.859. The van der Waals surface area contributed by atoms with E-state index in [1.807, 2.05) is 30.3 Å². The number of amides is 1. The second-order valence-electron chi connectivity index (χ2n) is 7.97. The molecule has 0 bridgehead atoms. The van der Waals surface area contributed by atoms with Crippen molar-refractivity contribution in [1.82, 2.24) is 10.2 Å². The SMILES string of the molecule is CC1CC1c1ccc(CNC2CCN(CC(=O)Nc3ccccc3)CC2)o1. The van der Waals surface area contributed by atoms with Crippen LogP contribution in [0.4, 0.5) is 5.69 Å². The standard InChI is InChI=1S/C22H29N3O2/c1-16-13-20(16)21-8-7-19(27-21)14-23-17-9-11-25(12-10-17)15-22(26)24-18-5-3-2-4-6-18/h2-8,16-17,20,23H,9-15H2,1H3,(H,24,26). The molecule has 2 fully saturated rings. The van der Waals surface area contributed by atoms with Crippen molar-refractivity contribution in [1.29, 1.82) is 0 Å². The van der Waals surface area contributed by atoms with Gasteiger partial charge in [-0.25, -0.2) is 0 Å². The zero-order valence-electron chi connectivity index (χ0n) is 16.0. The van der Waals surface area contributed by atoms with Crippen molar-refractivity contribution in [3.05, 3.63) is 54.0 Å². The molecular formula is C22H29N3O2. The molecule has 2 N–H and O–H groups in total. The first kappa shape index (κ1) is 18.3. The first-order valence-electron chi connectivity index (χ1n) is 10.1. The molecule has 5 heteroatoms. The number of carbonyl (C=O) groups is 1. The fourth-order valence-electron chi connectivity index (χ4n) is 3.87. The van der Waals surface area contributed by atoms with Gasteiger partial charge in [0, 0.05) is 30.7 Å². The number of furan rings is 1. The van der Waals surface area contributed by atoms with Gasteiger partial charge in [0.05, 0.1) is 13.1 Å². The van der Waals surface area contributed by atoms with Crippen LogP contribution in [0.25, 0.3) is 0 Å². The number of piperidine rings is 1. The highest BCUT2D eigenvalue weighted by atomic mass is 16.3. The lowest BCUT2D eigenvalue weighted by Gasteiger charge is -2.31. The summed E-state index contributed by atoms with van der Waals surface area (Å²) in [6.07, 6.45) is 3.38. The Morgan fingerprint density at radius 2 is 1.89 bits per heavy atom. The molecule has 1 saturated heterocycles. The predicted molar refractivity (Wildman–Crippen MR) is 107 cm³/mol. The van der Waals surface area contributed by atoms with E-state index in [0.29, 0.717) is 18.5 Å². The Morgan fingerprint density at radius 3 is 2.59 bits per heavy atom. The molecule has 2 heterocycles. The number of benzene rings is 1. The van der Waals surface area contributed by atoms with Gasteiger partial charge < -0.3 is 15.1 Å². The number of hydrogen-bond donors (Lipinski definition) is 2. The minimum Gasteiger partial charge on any atom is -0.464 e. The largest absolute Gasteiger partial charge is 0.464 e. The lowest BCUT2D eigenvalue weighted by atomic mass is 10.0. The summed E-state index contributed by atoms with van der Waals surface area (Å²) in [6, 6.07) is 14.4. The molecule has 2 atom stereocenters. The Morgan fingerprint density at radius 1 is 1.15 bits per heavy atom. The molecule has 1 aliphatic heterocycles. The third-order valence-electron chi connectivity index (χ3n) is 5.73. The Kier molecular flexibility index (Phi) is 5.60. The van der Waals surface area contributed by atoms with E-state index in [1.54, 1.807) is 0 Å². The molecule has 0 spiro atoms. The minimum absolute atomic E-state index is 0.0602. The Balaban J connectivity index is 1.16. The number of nitrogens with zero attached hydrogens (tertiary/aromatic N) is 1. The monoisotopic (exact) mass is 367 g/mol. The lowest BCUT2D eigenvalue weighted by molar-refractivity contribution is -0.117. The number of rotatable bonds is 7. The van der Waals surface area contributed by atoms with Crippen molar-refractivity contribution >= 4 is 11.6 Å². The second-order valence-corrected chi connectivity index (χ2v) is 7.97. The van der Waals surface area contributed by atoms with Crippen LogP contribution in [0.3, 0.4) is 0 Å². The Hall–Kier alpha value is -2.11. The van der Waals surface area contributed by atoms with Gasteiger partial charge in [0.25, 0.3) is 0 Å². The van der Waals surface area contributed by atoms with Gasteiger partial charge in [-0.3, -0.25) is 9.69 Å². The molecule has 2 aromatic rings. The van der Waals surface area contributed by atoms with Crippen molar-refractivity contribution in [2.45, 2.75) is 44.7 Å². The topological polar surface area (TPSA) is 57.5 Å². The summed E-state index contributed by atoms with van der Waals surface area (Å²) in [6.45, 7) is 5.42. The number of carbonyl (C=O) groups excluding carboxylic acids is 1. The molecule has 4 rings (SSSR count). The summed E-state index contributed by atoms with van der Waals surface area (Å²) >= 11 is 0. The number of para-hydroxylation sites is 1. The quantitative estimate of drug-likeness (QED) is 0.785. The molecule has 144 valence electrons. The van der Waals surface area contributed by atoms with Crippen LogP contribution in [0, 0.1) is 5.92 Å². The molecule has 1 amide bonds. The van der Waals surface area contributed by atoms with Crippen LogP contribution in [0.5, 0.6) is 0 Å². The van der Waals surface area contributed by atoms with Crippen LogP contribution in [-0.4, -0.2) is 36.5 Å². The maximum absolute atomic E-state index is 12.2. The Labute approximate surface area is 161 Å². The zero-order chi connectivity index (χ0) is 18.6. The van der Waals surface area contributed by atoms with Crippen molar-refractivity contribution in [3.8, 4) is 0 Å². The highest BCUT2D eigenvalue weighted by Gasteiger charge is 2.36. The van der Waals surface area contributed by atoms with Crippen LogP contribution >= 0.6 is 0 Å². The summed E-state index contributed by atoms with van der Waals surface area (Å²) < 4.78 is 5.97. The zero-order valence-corrected chi connectivity index (χ0v) is 16.0. The van der Waals surface area contributed by atoms with Crippen molar-refractivity contribution in [2.24, 2.45) is 5.92 Å². The van der Waals surface area contributed by atoms with Crippen LogP contribution in [0.15, 0.2) is 46.9 Å². The molecule has 2 aliphatic rings. The summed E-state index contributed by atoms with van der Waals surface area (Å²) in [4.78, 5) is 14.4. The van der Waals surface area contributed by atoms with Crippen LogP contribution in [-0.2, 0) is 11.3 Å². The van der Waals surface area contributed by atoms with Gasteiger partial charge in [-0.15, -0.1) is 0 Å². The summed E-state index contributed by atoms with van der Waals surface area (Å²) in [5, 5.41) is 6.57. The number of nitrogens with one attached hydrogen (secondary N) is 2. The van der Waals surface area contributed by atoms with Gasteiger partial charge in [-0.2, -0.15) is 0 Å². The highest BCUT2D eigenvalue weighted by Crippen LogP contribution is 2.47. The molecule has 27 heavy (non-hydrogen) atoms. The number of anilines is 1. The van der Waals surface area contributed by atoms with E-state index in [9.17, 15) is 4.79 Å². The lowest BCUT2D eigenvalue weighted by Crippen LogP contribution is -2.44. The summed E-state index contributed by atoms with van der Waals surface area (Å²) in [5.74, 6) is 3.67. The van der Waals surface area contributed by atoms with E-state index >= 15 is 0 Å². The Bertz CT molecular complexity index is 750. The van der Waals surface area contributed by atoms with Gasteiger partial charge in [-0.1, -0.05) is 25.1 Å². The maximum Gasteiger partial charge on any atom is 0.238 e. The van der Waals surface area contributed by atoms with E-state index in [0.717, 1.165) is 55.6 Å². The van der Waals surface area contributed by atoms with Crippen LogP contribution in [0.2, 0.25) is 0 Å². The summed E-state index contributed by atoms with van der Waals surface area (Å²) in [7, 11) is 0. The average molecular weight is 367 g/mol. The van der Waals surface area contributed by atoms with Gasteiger partial charge in [-0.05, 0) is 49.4 Å². The minimum atomic E-state index is 0.0602. The normalized spacial score (nSPS) is 23.3. The van der Waals surface area contributed by atoms with Gasteiger partial charge in [0.15, 0.2) is 0 Å². The van der Waals surface area contributed by atoms with Crippen molar-refractivity contribution in [2.75, 3.05) is 25.0 Å². The number of likely N-dealkylation sites (tertiary alicyclic amines) is 1. The van der Waals surface area contributed by atoms with Crippen LogP contribution in [0.1, 0.15) is 43.6 Å². The molecule has 1 aliphatic carbocycles. The van der Waals surface area contributed by atoms with E-state index in [2.05, 4.69) is 34.6 Å². The van der Waals surface area contributed by atoms with E-state index in [1.165, 1.54) is 6.42 Å². The van der Waals surface area contributed by atoms with E-state index in [-0.39, 0.29) is 5.91 Å². The first-order chi connectivity index (χ1) is 13.2. The molecule has 1 saturated carbocycles. The molecule has 1 aromatic heterocycles. The van der Waals surface area contributed by atoms with Gasteiger partial charge in [0.2, 0.25) is 5.91 Å². The smallest absolute Gasteiger partial charge is 0.238 e. The average Bonchev–Trinajstić information content (AvgIpc) is 3.22. The first-order valence-corrected chi connectivity index (χ1v) is 10.1. The molecule has 5 nitrogen and oxygen atoms in total. The van der Waals surface area contributed by atoms with Crippen LogP contribution < -0.4 is 10.6 Å². The molecular weight excluding hydrogens is 338 g/mol. The third kappa shape index (κ3) is 4.99. The fourth-order valence-corrected chi connectivity index (χ4v) is 3.87. The van der Waals surface area contributed by atoms with Gasteiger partial charge >= 0.3 is 0 Å². The molecule has 2 unspecified atom stereocenters. The number of hydrogen-bond acceptors (Lipinski definition) is 4. The fraction of sp³-hybridized carbons (Fsp3) is 0.500. The predicted octanol–water partition coefficient (Wildman–Crippen LogP) is 3.60. The van der Waals surface area contributed by atoms with Gasteiger partial charge in [0.1, 0.15) is 11.5 Å². The molecule has 0 radical (unpaired) electrons. The highest BCUT2D eigenvalue weighted by molar-refractivity contribution is 5.92. The van der Waals surface area contributed by atoms with Crippen molar-refractivity contribution in [3.63, 3.8) is 0 Å². The van der Waals surface area contributed by atoms with Crippen molar-refractivity contribution < 1.29 is 9.21 Å². The molecule has 1 aromatic carbocycles. The van der Waals surface area contributed by atoms with E-state index in [4.69, 9.17) is 4.42 Å².